The molecule has 1 aliphatic heterocycles. The predicted octanol–water partition coefficient (Wildman–Crippen LogP) is 2.71. The average Bonchev–Trinajstić information content (AvgIpc) is 3.03. The minimum Gasteiger partial charge on any atom is -0.392 e. The molecular formula is C19H23N3O. The Labute approximate surface area is 137 Å². The fourth-order valence-corrected chi connectivity index (χ4v) is 2.98. The smallest absolute Gasteiger partial charge is 0.198 e. The fraction of sp³-hybridized carbons (Fsp3) is 0.316. The third kappa shape index (κ3) is 3.37. The first-order valence-electron chi connectivity index (χ1n) is 8.15. The molecule has 4 heteroatoms. The summed E-state index contributed by atoms with van der Waals surface area (Å²) in [7, 11) is 0. The van der Waals surface area contributed by atoms with Crippen molar-refractivity contribution in [3.05, 3.63) is 65.2 Å². The number of anilines is 1. The van der Waals surface area contributed by atoms with Crippen LogP contribution in [0.1, 0.15) is 23.6 Å². The highest BCUT2D eigenvalue weighted by Gasteiger charge is 2.22. The zero-order chi connectivity index (χ0) is 16.1. The zero-order valence-corrected chi connectivity index (χ0v) is 13.5. The Morgan fingerprint density at radius 2 is 1.87 bits per heavy atom. The largest absolute Gasteiger partial charge is 0.392 e. The lowest BCUT2D eigenvalue weighted by molar-refractivity contribution is 0.280. The van der Waals surface area contributed by atoms with Gasteiger partial charge in [-0.15, -0.1) is 0 Å². The van der Waals surface area contributed by atoms with Crippen LogP contribution in [0.4, 0.5) is 5.69 Å². The SMILES string of the molecule is CCNC(=NCc1ccccc1CO)N1CCc2ccccc21. The van der Waals surface area contributed by atoms with Crippen LogP contribution in [0.2, 0.25) is 0 Å². The number of aliphatic hydroxyl groups is 1. The molecule has 0 radical (unpaired) electrons. The number of para-hydroxylation sites is 1. The Kier molecular flexibility index (Phi) is 4.93. The molecule has 3 rings (SSSR count). The van der Waals surface area contributed by atoms with Gasteiger partial charge in [0.15, 0.2) is 5.96 Å². The molecule has 0 saturated carbocycles. The van der Waals surface area contributed by atoms with Crippen molar-refractivity contribution in [1.82, 2.24) is 5.32 Å². The van der Waals surface area contributed by atoms with E-state index in [1.807, 2.05) is 24.3 Å². The molecular weight excluding hydrogens is 286 g/mol. The minimum absolute atomic E-state index is 0.0504. The van der Waals surface area contributed by atoms with Crippen molar-refractivity contribution in [3.8, 4) is 0 Å². The average molecular weight is 309 g/mol. The van der Waals surface area contributed by atoms with E-state index in [2.05, 4.69) is 41.4 Å². The highest BCUT2D eigenvalue weighted by Crippen LogP contribution is 2.27. The maximum Gasteiger partial charge on any atom is 0.198 e. The monoisotopic (exact) mass is 309 g/mol. The maximum absolute atomic E-state index is 9.45. The van der Waals surface area contributed by atoms with Gasteiger partial charge in [-0.1, -0.05) is 42.5 Å². The molecule has 0 unspecified atom stereocenters. The first-order chi connectivity index (χ1) is 11.3. The van der Waals surface area contributed by atoms with Gasteiger partial charge in [-0.2, -0.15) is 0 Å². The zero-order valence-electron chi connectivity index (χ0n) is 13.5. The number of aliphatic imine (C=N–C) groups is 1. The van der Waals surface area contributed by atoms with E-state index in [9.17, 15) is 5.11 Å². The Hall–Kier alpha value is -2.33. The van der Waals surface area contributed by atoms with Gasteiger partial charge in [0.05, 0.1) is 13.2 Å². The van der Waals surface area contributed by atoms with Crippen LogP contribution < -0.4 is 10.2 Å². The number of rotatable bonds is 4. The minimum atomic E-state index is 0.0504. The van der Waals surface area contributed by atoms with Crippen molar-refractivity contribution < 1.29 is 5.11 Å². The van der Waals surface area contributed by atoms with Gasteiger partial charge < -0.3 is 15.3 Å². The van der Waals surface area contributed by atoms with Gasteiger partial charge in [0, 0.05) is 18.8 Å². The van der Waals surface area contributed by atoms with Gasteiger partial charge in [-0.3, -0.25) is 0 Å². The Balaban J connectivity index is 1.85. The van der Waals surface area contributed by atoms with Crippen molar-refractivity contribution in [2.24, 2.45) is 4.99 Å². The number of aliphatic hydroxyl groups excluding tert-OH is 1. The summed E-state index contributed by atoms with van der Waals surface area (Å²) >= 11 is 0. The second-order valence-electron chi connectivity index (χ2n) is 5.63. The molecule has 1 heterocycles. The van der Waals surface area contributed by atoms with Gasteiger partial charge in [-0.05, 0) is 36.1 Å². The number of fused-ring (bicyclic) bond motifs is 1. The molecule has 0 aliphatic carbocycles. The Bertz CT molecular complexity index is 697. The van der Waals surface area contributed by atoms with E-state index in [4.69, 9.17) is 4.99 Å². The molecule has 1 aliphatic rings. The normalized spacial score (nSPS) is 14.0. The molecule has 0 amide bonds. The number of hydrogen-bond acceptors (Lipinski definition) is 2. The first kappa shape index (κ1) is 15.6. The van der Waals surface area contributed by atoms with Gasteiger partial charge >= 0.3 is 0 Å². The second-order valence-corrected chi connectivity index (χ2v) is 5.63. The summed E-state index contributed by atoms with van der Waals surface area (Å²) in [5.74, 6) is 0.908. The van der Waals surface area contributed by atoms with Crippen molar-refractivity contribution in [2.45, 2.75) is 26.5 Å². The highest BCUT2D eigenvalue weighted by molar-refractivity contribution is 5.97. The summed E-state index contributed by atoms with van der Waals surface area (Å²) in [6.07, 6.45) is 1.05. The molecule has 23 heavy (non-hydrogen) atoms. The van der Waals surface area contributed by atoms with Crippen molar-refractivity contribution in [3.63, 3.8) is 0 Å². The fourth-order valence-electron chi connectivity index (χ4n) is 2.98. The van der Waals surface area contributed by atoms with E-state index in [0.29, 0.717) is 6.54 Å². The van der Waals surface area contributed by atoms with Gasteiger partial charge in [0.1, 0.15) is 0 Å². The number of benzene rings is 2. The summed E-state index contributed by atoms with van der Waals surface area (Å²) in [4.78, 5) is 7.04. The van der Waals surface area contributed by atoms with Gasteiger partial charge in [0.2, 0.25) is 0 Å². The molecule has 0 saturated heterocycles. The molecule has 0 bridgehead atoms. The summed E-state index contributed by atoms with van der Waals surface area (Å²) in [6.45, 7) is 4.48. The van der Waals surface area contributed by atoms with E-state index in [0.717, 1.165) is 36.6 Å². The lowest BCUT2D eigenvalue weighted by Crippen LogP contribution is -2.40. The number of guanidine groups is 1. The maximum atomic E-state index is 9.45. The van der Waals surface area contributed by atoms with Crippen molar-refractivity contribution in [1.29, 1.82) is 0 Å². The van der Waals surface area contributed by atoms with Crippen LogP contribution in [0.25, 0.3) is 0 Å². The highest BCUT2D eigenvalue weighted by atomic mass is 16.3. The number of nitrogens with one attached hydrogen (secondary N) is 1. The molecule has 4 nitrogen and oxygen atoms in total. The molecule has 120 valence electrons. The standard InChI is InChI=1S/C19H23N3O/c1-2-20-19(21-13-16-8-3-4-9-17(16)14-23)22-12-11-15-7-5-6-10-18(15)22/h3-10,23H,2,11-14H2,1H3,(H,20,21). The molecule has 0 aromatic heterocycles. The summed E-state index contributed by atoms with van der Waals surface area (Å²) < 4.78 is 0. The lowest BCUT2D eigenvalue weighted by Gasteiger charge is -2.22. The third-order valence-corrected chi connectivity index (χ3v) is 4.17. The second kappa shape index (κ2) is 7.29. The number of hydrogen-bond donors (Lipinski definition) is 2. The van der Waals surface area contributed by atoms with E-state index in [1.165, 1.54) is 11.3 Å². The van der Waals surface area contributed by atoms with Gasteiger partial charge in [-0.25, -0.2) is 4.99 Å². The van der Waals surface area contributed by atoms with Crippen molar-refractivity contribution in [2.75, 3.05) is 18.0 Å². The molecule has 0 fully saturated rings. The van der Waals surface area contributed by atoms with Crippen LogP contribution in [-0.2, 0) is 19.6 Å². The molecule has 0 spiro atoms. The molecule has 0 atom stereocenters. The van der Waals surface area contributed by atoms with E-state index in [1.54, 1.807) is 0 Å². The molecule has 2 N–H and O–H groups in total. The molecule has 2 aromatic carbocycles. The summed E-state index contributed by atoms with van der Waals surface area (Å²) in [5, 5.41) is 12.8. The van der Waals surface area contributed by atoms with Crippen LogP contribution in [0, 0.1) is 0 Å². The van der Waals surface area contributed by atoms with Crippen LogP contribution in [0.15, 0.2) is 53.5 Å². The van der Waals surface area contributed by atoms with Crippen LogP contribution in [0.5, 0.6) is 0 Å². The first-order valence-corrected chi connectivity index (χ1v) is 8.15. The summed E-state index contributed by atoms with van der Waals surface area (Å²) in [6, 6.07) is 16.4. The van der Waals surface area contributed by atoms with E-state index < -0.39 is 0 Å². The van der Waals surface area contributed by atoms with E-state index in [-0.39, 0.29) is 6.61 Å². The van der Waals surface area contributed by atoms with Crippen LogP contribution in [0.3, 0.4) is 0 Å². The Morgan fingerprint density at radius 3 is 2.65 bits per heavy atom. The van der Waals surface area contributed by atoms with Crippen LogP contribution >= 0.6 is 0 Å². The Morgan fingerprint density at radius 1 is 1.13 bits per heavy atom. The third-order valence-electron chi connectivity index (χ3n) is 4.17. The molecule has 2 aromatic rings. The topological polar surface area (TPSA) is 47.9 Å². The summed E-state index contributed by atoms with van der Waals surface area (Å²) in [5.41, 5.74) is 4.61. The number of nitrogens with zero attached hydrogens (tertiary/aromatic N) is 2. The van der Waals surface area contributed by atoms with Gasteiger partial charge in [0.25, 0.3) is 0 Å². The predicted molar refractivity (Wildman–Crippen MR) is 94.7 cm³/mol. The lowest BCUT2D eigenvalue weighted by atomic mass is 10.1. The van der Waals surface area contributed by atoms with E-state index >= 15 is 0 Å². The van der Waals surface area contributed by atoms with Crippen molar-refractivity contribution >= 4 is 11.6 Å². The van der Waals surface area contributed by atoms with Crippen LogP contribution in [-0.4, -0.2) is 24.2 Å². The quantitative estimate of drug-likeness (QED) is 0.674.